The largest absolute Gasteiger partial charge is 0.500 e. The zero-order valence-corrected chi connectivity index (χ0v) is 32.3. The van der Waals surface area contributed by atoms with Crippen molar-refractivity contribution in [1.82, 2.24) is 10.6 Å². The molecule has 17 heteroatoms. The maximum Gasteiger partial charge on any atom is 0.500 e. The van der Waals surface area contributed by atoms with E-state index in [2.05, 4.69) is 10.6 Å². The highest BCUT2D eigenvalue weighted by Crippen LogP contribution is 2.27. The summed E-state index contributed by atoms with van der Waals surface area (Å²) in [5, 5.41) is 25.0. The van der Waals surface area contributed by atoms with Crippen LogP contribution in [0.3, 0.4) is 0 Å². The van der Waals surface area contributed by atoms with Gasteiger partial charge in [-0.05, 0) is 90.8 Å². The molecule has 0 atom stereocenters. The number of carboxylic acid groups (broad SMARTS) is 2. The van der Waals surface area contributed by atoms with Gasteiger partial charge in [0.2, 0.25) is 0 Å². The van der Waals surface area contributed by atoms with Gasteiger partial charge in [0.05, 0.1) is 22.3 Å². The normalized spacial score (nSPS) is 11.6. The van der Waals surface area contributed by atoms with Crippen molar-refractivity contribution < 1.29 is 60.7 Å². The van der Waals surface area contributed by atoms with Gasteiger partial charge < -0.3 is 52.1 Å². The number of hydrogen-bond donors (Lipinski definition) is 4. The van der Waals surface area contributed by atoms with Crippen LogP contribution in [0, 0.1) is 0 Å². The van der Waals surface area contributed by atoms with Crippen molar-refractivity contribution in [2.24, 2.45) is 0 Å². The van der Waals surface area contributed by atoms with Crippen molar-refractivity contribution >= 4 is 41.4 Å². The molecule has 284 valence electrons. The van der Waals surface area contributed by atoms with E-state index in [1.807, 2.05) is 41.5 Å². The van der Waals surface area contributed by atoms with Crippen LogP contribution >= 0.6 is 0 Å². The van der Waals surface area contributed by atoms with Crippen molar-refractivity contribution in [2.75, 3.05) is 52.7 Å². The van der Waals surface area contributed by atoms with Gasteiger partial charge in [0.25, 0.3) is 11.8 Å². The summed E-state index contributed by atoms with van der Waals surface area (Å²) in [7, 11) is -5.85. The Balaban J connectivity index is 2.20. The van der Waals surface area contributed by atoms with E-state index in [0.717, 1.165) is 0 Å². The molecule has 4 N–H and O–H groups in total. The number of amides is 2. The molecule has 2 aromatic rings. The van der Waals surface area contributed by atoms with Gasteiger partial charge in [0.1, 0.15) is 11.5 Å². The molecule has 0 aliphatic carbocycles. The lowest BCUT2D eigenvalue weighted by molar-refractivity contribution is 0.0682. The number of hydrogen-bond acceptors (Lipinski definition) is 11. The summed E-state index contributed by atoms with van der Waals surface area (Å²) < 4.78 is 41.0. The summed E-state index contributed by atoms with van der Waals surface area (Å²) in [6.07, 6.45) is 0.928. The van der Waals surface area contributed by atoms with Crippen LogP contribution in [0.15, 0.2) is 36.4 Å². The summed E-state index contributed by atoms with van der Waals surface area (Å²) in [4.78, 5) is 50.3. The van der Waals surface area contributed by atoms with Crippen LogP contribution in [-0.4, -0.2) is 104 Å². The first-order valence-corrected chi connectivity index (χ1v) is 21.1. The first-order chi connectivity index (χ1) is 24.4. The Morgan fingerprint density at radius 2 is 0.843 bits per heavy atom. The molecule has 0 heterocycles. The third-order valence-electron chi connectivity index (χ3n) is 7.24. The van der Waals surface area contributed by atoms with E-state index < -0.39 is 41.4 Å². The number of aromatic carboxylic acids is 2. The molecule has 15 nitrogen and oxygen atoms in total. The van der Waals surface area contributed by atoms with Crippen molar-refractivity contribution in [3.63, 3.8) is 0 Å². The highest BCUT2D eigenvalue weighted by molar-refractivity contribution is 6.61. The molecule has 2 rings (SSSR count). The number of carbonyl (C=O) groups excluding carboxylic acids is 2. The highest BCUT2D eigenvalue weighted by Gasteiger charge is 2.40. The number of benzene rings is 2. The maximum atomic E-state index is 13.2. The SMILES string of the molecule is CCO[Si](CCCNC(=O)c1cc(Oc2ccc(C(=O)O)c(C(=O)NCCC[Si](OCC)(OCC)OCC)c2)ccc1C(=O)O)(OCC)OCC. The first kappa shape index (κ1) is 43.5. The molecule has 0 aromatic heterocycles. The molecule has 51 heavy (non-hydrogen) atoms. The van der Waals surface area contributed by atoms with Crippen molar-refractivity contribution in [3.05, 3.63) is 58.7 Å². The third kappa shape index (κ3) is 13.4. The van der Waals surface area contributed by atoms with Crippen LogP contribution in [0.5, 0.6) is 11.5 Å². The fourth-order valence-corrected chi connectivity index (χ4v) is 10.5. The van der Waals surface area contributed by atoms with E-state index in [0.29, 0.717) is 64.6 Å². The van der Waals surface area contributed by atoms with Gasteiger partial charge in [-0.3, -0.25) is 9.59 Å². The van der Waals surface area contributed by atoms with Crippen LogP contribution in [0.4, 0.5) is 0 Å². The minimum absolute atomic E-state index is 0.0964. The maximum absolute atomic E-state index is 13.2. The second-order valence-electron chi connectivity index (χ2n) is 10.8. The zero-order valence-electron chi connectivity index (χ0n) is 30.3. The lowest BCUT2D eigenvalue weighted by atomic mass is 10.1. The Hall–Kier alpha value is -3.69. The van der Waals surface area contributed by atoms with E-state index in [4.69, 9.17) is 31.3 Å². The molecule has 2 amide bonds. The topological polar surface area (TPSA) is 197 Å². The molecule has 2 aromatic carbocycles. The Labute approximate surface area is 301 Å². The molecular formula is C34H52N2O13Si2. The van der Waals surface area contributed by atoms with Crippen LogP contribution in [-0.2, 0) is 26.6 Å². The smallest absolute Gasteiger partial charge is 0.478 e. The monoisotopic (exact) mass is 752 g/mol. The first-order valence-electron chi connectivity index (χ1n) is 17.3. The van der Waals surface area contributed by atoms with Crippen molar-refractivity contribution in [3.8, 4) is 11.5 Å². The molecule has 0 unspecified atom stereocenters. The minimum atomic E-state index is -2.92. The van der Waals surface area contributed by atoms with Crippen LogP contribution < -0.4 is 15.4 Å². The zero-order chi connectivity index (χ0) is 37.9. The van der Waals surface area contributed by atoms with E-state index in [9.17, 15) is 29.4 Å². The van der Waals surface area contributed by atoms with Gasteiger partial charge >= 0.3 is 29.5 Å². The fourth-order valence-electron chi connectivity index (χ4n) is 5.27. The molecule has 0 spiro atoms. The van der Waals surface area contributed by atoms with Crippen molar-refractivity contribution in [1.29, 1.82) is 0 Å². The summed E-state index contributed by atoms with van der Waals surface area (Å²) in [6, 6.07) is 8.65. The average Bonchev–Trinajstić information content (AvgIpc) is 3.09. The van der Waals surface area contributed by atoms with E-state index in [-0.39, 0.29) is 46.8 Å². The van der Waals surface area contributed by atoms with Crippen LogP contribution in [0.2, 0.25) is 12.1 Å². The summed E-state index contributed by atoms with van der Waals surface area (Å²) in [6.45, 7) is 14.0. The van der Waals surface area contributed by atoms with Crippen LogP contribution in [0.1, 0.15) is 95.8 Å². The number of carbonyl (C=O) groups is 4. The molecule has 0 fully saturated rings. The minimum Gasteiger partial charge on any atom is -0.478 e. The Morgan fingerprint density at radius 3 is 1.12 bits per heavy atom. The number of rotatable bonds is 26. The molecule has 0 saturated carbocycles. The standard InChI is InChI=1S/C34H52N2O13Si2/c1-7-43-50(44-8-2,45-9-3)21-13-19-35-31(37)29-23-25(15-17-27(29)33(39)40)49-26-16-18-28(34(41)42)30(24-26)32(38)36-20-14-22-51(46-10-4,47-11-5)48-12-6/h15-18,23-24H,7-14,19-22H2,1-6H3,(H,35,37)(H,36,38)(H,39,40)(H,41,42). The highest BCUT2D eigenvalue weighted by atomic mass is 28.4. The number of ether oxygens (including phenoxy) is 1. The molecule has 0 aliphatic heterocycles. The van der Waals surface area contributed by atoms with Gasteiger partial charge in [-0.2, -0.15) is 0 Å². The summed E-state index contributed by atoms with van der Waals surface area (Å²) in [5.74, 6) is -3.70. The average molecular weight is 753 g/mol. The third-order valence-corrected chi connectivity index (χ3v) is 13.5. The summed E-state index contributed by atoms with van der Waals surface area (Å²) in [5.41, 5.74) is -0.775. The lowest BCUT2D eigenvalue weighted by Crippen LogP contribution is -2.46. The number of nitrogens with one attached hydrogen (secondary N) is 2. The van der Waals surface area contributed by atoms with E-state index in [1.165, 1.54) is 36.4 Å². The Bertz CT molecular complexity index is 1300. The molecule has 0 radical (unpaired) electrons. The van der Waals surface area contributed by atoms with Gasteiger partial charge in [-0.25, -0.2) is 9.59 Å². The predicted molar refractivity (Wildman–Crippen MR) is 192 cm³/mol. The van der Waals surface area contributed by atoms with Gasteiger partial charge in [0, 0.05) is 64.8 Å². The molecule has 0 saturated heterocycles. The Morgan fingerprint density at radius 1 is 0.529 bits per heavy atom. The molecule has 0 bridgehead atoms. The second-order valence-corrected chi connectivity index (χ2v) is 16.3. The van der Waals surface area contributed by atoms with E-state index in [1.54, 1.807) is 0 Å². The second kappa shape index (κ2) is 22.3. The number of carboxylic acids is 2. The van der Waals surface area contributed by atoms with Crippen molar-refractivity contribution in [2.45, 2.75) is 66.5 Å². The summed E-state index contributed by atoms with van der Waals surface area (Å²) >= 11 is 0. The molecule has 0 aliphatic rings. The predicted octanol–water partition coefficient (Wildman–Crippen LogP) is 5.21. The van der Waals surface area contributed by atoms with Gasteiger partial charge in [-0.15, -0.1) is 0 Å². The van der Waals surface area contributed by atoms with Crippen LogP contribution in [0.25, 0.3) is 0 Å². The van der Waals surface area contributed by atoms with E-state index >= 15 is 0 Å². The molecular weight excluding hydrogens is 701 g/mol. The lowest BCUT2D eigenvalue weighted by Gasteiger charge is -2.28. The Kier molecular flexibility index (Phi) is 19.0. The fraction of sp³-hybridized carbons (Fsp3) is 0.529. The van der Waals surface area contributed by atoms with Gasteiger partial charge in [-0.1, -0.05) is 0 Å². The van der Waals surface area contributed by atoms with Gasteiger partial charge in [0.15, 0.2) is 0 Å². The quantitative estimate of drug-likeness (QED) is 0.0722.